The summed E-state index contributed by atoms with van der Waals surface area (Å²) in [5, 5.41) is 9.82. The third-order valence-corrected chi connectivity index (χ3v) is 5.03. The Bertz CT molecular complexity index is 691. The zero-order valence-electron chi connectivity index (χ0n) is 17.2. The van der Waals surface area contributed by atoms with Gasteiger partial charge in [0.05, 0.1) is 12.2 Å². The highest BCUT2D eigenvalue weighted by Gasteiger charge is 2.12. The number of benzene rings is 2. The first-order chi connectivity index (χ1) is 13.7. The van der Waals surface area contributed by atoms with Gasteiger partial charge in [-0.3, -0.25) is 4.79 Å². The number of hydrogen-bond acceptors (Lipinski definition) is 3. The van der Waals surface area contributed by atoms with Crippen molar-refractivity contribution in [3.8, 4) is 11.5 Å². The zero-order valence-corrected chi connectivity index (χ0v) is 17.2. The monoisotopic (exact) mass is 382 g/mol. The van der Waals surface area contributed by atoms with Crippen LogP contribution in [0.1, 0.15) is 87.1 Å². The molecule has 3 heteroatoms. The Labute approximate surface area is 169 Å². The Hall–Kier alpha value is -2.29. The molecular weight excluding hydrogens is 348 g/mol. The molecule has 1 N–H and O–H groups in total. The number of phenolic OH excluding ortho intramolecular Hbond substituents is 1. The third-order valence-electron chi connectivity index (χ3n) is 5.03. The topological polar surface area (TPSA) is 46.5 Å². The Kier molecular flexibility index (Phi) is 10.2. The summed E-state index contributed by atoms with van der Waals surface area (Å²) in [6, 6.07) is 13.8. The van der Waals surface area contributed by atoms with E-state index >= 15 is 0 Å². The third kappa shape index (κ3) is 7.75. The van der Waals surface area contributed by atoms with E-state index in [0.717, 1.165) is 12.2 Å². The molecule has 0 aliphatic heterocycles. The van der Waals surface area contributed by atoms with Gasteiger partial charge in [0.1, 0.15) is 11.5 Å². The summed E-state index contributed by atoms with van der Waals surface area (Å²) in [5.74, 6) is 0.609. The summed E-state index contributed by atoms with van der Waals surface area (Å²) in [6.45, 7) is 2.97. The van der Waals surface area contributed by atoms with Crippen LogP contribution in [0.15, 0.2) is 48.5 Å². The number of para-hydroxylation sites is 1. The van der Waals surface area contributed by atoms with Crippen molar-refractivity contribution in [2.24, 2.45) is 0 Å². The maximum atomic E-state index is 12.4. The lowest BCUT2D eigenvalue weighted by Gasteiger charge is -2.08. The van der Waals surface area contributed by atoms with Crippen molar-refractivity contribution in [1.82, 2.24) is 0 Å². The van der Waals surface area contributed by atoms with E-state index in [1.54, 1.807) is 30.3 Å². The summed E-state index contributed by atoms with van der Waals surface area (Å²) in [7, 11) is 0. The number of hydrogen-bond donors (Lipinski definition) is 1. The van der Waals surface area contributed by atoms with Crippen molar-refractivity contribution in [3.05, 3.63) is 59.7 Å². The van der Waals surface area contributed by atoms with Gasteiger partial charge in [-0.05, 0) is 42.8 Å². The molecule has 2 aromatic carbocycles. The molecule has 0 amide bonds. The van der Waals surface area contributed by atoms with E-state index in [1.165, 1.54) is 63.9 Å². The summed E-state index contributed by atoms with van der Waals surface area (Å²) in [5.41, 5.74) is 0.870. The number of ketones is 1. The predicted molar refractivity (Wildman–Crippen MR) is 115 cm³/mol. The lowest BCUT2D eigenvalue weighted by molar-refractivity contribution is 0.103. The molecule has 152 valence electrons. The second-order valence-electron chi connectivity index (χ2n) is 7.40. The average molecular weight is 383 g/mol. The van der Waals surface area contributed by atoms with Gasteiger partial charge in [-0.15, -0.1) is 0 Å². The molecule has 3 nitrogen and oxygen atoms in total. The molecule has 0 aromatic heterocycles. The number of phenols is 1. The Morgan fingerprint density at radius 1 is 0.786 bits per heavy atom. The van der Waals surface area contributed by atoms with Crippen LogP contribution in [0.2, 0.25) is 0 Å². The van der Waals surface area contributed by atoms with Gasteiger partial charge in [-0.25, -0.2) is 0 Å². The molecule has 0 aliphatic carbocycles. The van der Waals surface area contributed by atoms with Gasteiger partial charge >= 0.3 is 0 Å². The van der Waals surface area contributed by atoms with Crippen LogP contribution in [-0.4, -0.2) is 17.5 Å². The normalized spacial score (nSPS) is 10.8. The quantitative estimate of drug-likeness (QED) is 0.285. The van der Waals surface area contributed by atoms with Crippen molar-refractivity contribution in [2.75, 3.05) is 6.61 Å². The van der Waals surface area contributed by atoms with E-state index in [1.807, 2.05) is 12.1 Å². The van der Waals surface area contributed by atoms with Crippen LogP contribution in [0.4, 0.5) is 0 Å². The Balaban J connectivity index is 1.60. The number of carbonyl (C=O) groups excluding carboxylic acids is 1. The molecular formula is C25H34O3. The highest BCUT2D eigenvalue weighted by molar-refractivity contribution is 6.10. The van der Waals surface area contributed by atoms with Crippen molar-refractivity contribution in [3.63, 3.8) is 0 Å². The minimum atomic E-state index is -0.181. The van der Waals surface area contributed by atoms with Crippen LogP contribution in [0.25, 0.3) is 0 Å². The molecule has 28 heavy (non-hydrogen) atoms. The zero-order chi connectivity index (χ0) is 20.0. The minimum absolute atomic E-state index is 0.00814. The van der Waals surface area contributed by atoms with Crippen molar-refractivity contribution in [1.29, 1.82) is 0 Å². The Morgan fingerprint density at radius 3 is 1.96 bits per heavy atom. The van der Waals surface area contributed by atoms with Crippen molar-refractivity contribution < 1.29 is 14.6 Å². The van der Waals surface area contributed by atoms with Crippen molar-refractivity contribution in [2.45, 2.75) is 71.1 Å². The van der Waals surface area contributed by atoms with E-state index in [-0.39, 0.29) is 11.5 Å². The standard InChI is InChI=1S/C25H34O3/c1-2-3-4-5-6-7-8-9-10-13-20-28-22-18-16-21(17-19-22)25(27)23-14-11-12-15-24(23)26/h11-12,14-19,26H,2-10,13,20H2,1H3. The number of rotatable bonds is 14. The minimum Gasteiger partial charge on any atom is -0.507 e. The SMILES string of the molecule is CCCCCCCCCCCCOc1ccc(C(=O)c2ccccc2O)cc1. The molecule has 2 aromatic rings. The van der Waals surface area contributed by atoms with Crippen LogP contribution < -0.4 is 4.74 Å². The number of ether oxygens (including phenoxy) is 1. The van der Waals surface area contributed by atoms with E-state index in [9.17, 15) is 9.90 Å². The largest absolute Gasteiger partial charge is 0.507 e. The molecule has 2 rings (SSSR count). The molecule has 0 radical (unpaired) electrons. The van der Waals surface area contributed by atoms with Crippen molar-refractivity contribution >= 4 is 5.78 Å². The fraction of sp³-hybridized carbons (Fsp3) is 0.480. The van der Waals surface area contributed by atoms with E-state index in [2.05, 4.69) is 6.92 Å². The molecule has 0 saturated heterocycles. The van der Waals surface area contributed by atoms with Gasteiger partial charge in [0.15, 0.2) is 5.78 Å². The van der Waals surface area contributed by atoms with Crippen LogP contribution in [0, 0.1) is 0 Å². The maximum absolute atomic E-state index is 12.4. The van der Waals surface area contributed by atoms with E-state index in [0.29, 0.717) is 17.7 Å². The van der Waals surface area contributed by atoms with Gasteiger partial charge in [-0.1, -0.05) is 76.8 Å². The fourth-order valence-corrected chi connectivity index (χ4v) is 3.30. The maximum Gasteiger partial charge on any atom is 0.196 e. The van der Waals surface area contributed by atoms with E-state index < -0.39 is 0 Å². The van der Waals surface area contributed by atoms with Crippen LogP contribution in [-0.2, 0) is 0 Å². The second kappa shape index (κ2) is 13.0. The van der Waals surface area contributed by atoms with Gasteiger partial charge in [0.25, 0.3) is 0 Å². The number of aromatic hydroxyl groups is 1. The number of unbranched alkanes of at least 4 members (excludes halogenated alkanes) is 9. The van der Waals surface area contributed by atoms with Crippen LogP contribution >= 0.6 is 0 Å². The summed E-state index contributed by atoms with van der Waals surface area (Å²) < 4.78 is 5.78. The first-order valence-electron chi connectivity index (χ1n) is 10.8. The highest BCUT2D eigenvalue weighted by Crippen LogP contribution is 2.21. The van der Waals surface area contributed by atoms with Gasteiger partial charge < -0.3 is 9.84 Å². The fourth-order valence-electron chi connectivity index (χ4n) is 3.30. The highest BCUT2D eigenvalue weighted by atomic mass is 16.5. The molecule has 0 atom stereocenters. The predicted octanol–water partition coefficient (Wildman–Crippen LogP) is 6.92. The summed E-state index contributed by atoms with van der Waals surface area (Å²) >= 11 is 0. The molecule has 0 heterocycles. The van der Waals surface area contributed by atoms with Gasteiger partial charge in [-0.2, -0.15) is 0 Å². The summed E-state index contributed by atoms with van der Waals surface area (Å²) in [4.78, 5) is 12.4. The first-order valence-corrected chi connectivity index (χ1v) is 10.8. The molecule has 0 unspecified atom stereocenters. The average Bonchev–Trinajstić information content (AvgIpc) is 2.72. The molecule has 0 aliphatic rings. The molecule has 0 saturated carbocycles. The summed E-state index contributed by atoms with van der Waals surface area (Å²) in [6.07, 6.45) is 13.1. The van der Waals surface area contributed by atoms with Crippen LogP contribution in [0.3, 0.4) is 0 Å². The van der Waals surface area contributed by atoms with Gasteiger partial charge in [0.2, 0.25) is 0 Å². The molecule has 0 bridgehead atoms. The van der Waals surface area contributed by atoms with Gasteiger partial charge in [0, 0.05) is 5.56 Å². The molecule has 0 spiro atoms. The Morgan fingerprint density at radius 2 is 1.36 bits per heavy atom. The first kappa shape index (κ1) is 22.0. The lowest BCUT2D eigenvalue weighted by Crippen LogP contribution is -2.02. The van der Waals surface area contributed by atoms with Crippen LogP contribution in [0.5, 0.6) is 11.5 Å². The number of carbonyl (C=O) groups is 1. The smallest absolute Gasteiger partial charge is 0.196 e. The van der Waals surface area contributed by atoms with E-state index in [4.69, 9.17) is 4.74 Å². The second-order valence-corrected chi connectivity index (χ2v) is 7.40. The molecule has 0 fully saturated rings. The lowest BCUT2D eigenvalue weighted by atomic mass is 10.0.